The van der Waals surface area contributed by atoms with Gasteiger partial charge >= 0.3 is 0 Å². The van der Waals surface area contributed by atoms with Crippen molar-refractivity contribution in [3.05, 3.63) is 30.4 Å². The van der Waals surface area contributed by atoms with Crippen LogP contribution in [0.3, 0.4) is 0 Å². The predicted molar refractivity (Wildman–Crippen MR) is 87.6 cm³/mol. The van der Waals surface area contributed by atoms with Gasteiger partial charge in [-0.2, -0.15) is 4.98 Å². The lowest BCUT2D eigenvalue weighted by Crippen LogP contribution is -2.47. The number of nitrogens with zero attached hydrogens (tertiary/aromatic N) is 7. The van der Waals surface area contributed by atoms with Crippen LogP contribution in [-0.4, -0.2) is 60.2 Å². The lowest BCUT2D eigenvalue weighted by atomic mass is 10.3. The first-order valence-corrected chi connectivity index (χ1v) is 7.42. The Balaban J connectivity index is 1.71. The maximum atomic E-state index is 4.65. The van der Waals surface area contributed by atoms with Crippen LogP contribution in [0.15, 0.2) is 24.7 Å². The van der Waals surface area contributed by atoms with Gasteiger partial charge in [-0.3, -0.25) is 4.98 Å². The third-order valence-corrected chi connectivity index (χ3v) is 3.72. The second kappa shape index (κ2) is 6.13. The lowest BCUT2D eigenvalue weighted by Gasteiger charge is -2.35. The molecule has 0 aromatic carbocycles. The lowest BCUT2D eigenvalue weighted by molar-refractivity contribution is 0.632. The molecule has 0 spiro atoms. The van der Waals surface area contributed by atoms with Gasteiger partial charge in [0.2, 0.25) is 5.95 Å². The standard InChI is InChI=1S/C15H21N7/c1-12-10-13(20(2)3)19-15(18-12)22-8-6-21(7-9-22)14-11-16-4-5-17-14/h4-5,10-11H,6-9H2,1-3H3. The molecule has 0 unspecified atom stereocenters. The van der Waals surface area contributed by atoms with Crippen LogP contribution in [0, 0.1) is 6.92 Å². The second-order valence-corrected chi connectivity index (χ2v) is 5.60. The molecular weight excluding hydrogens is 278 g/mol. The number of anilines is 3. The summed E-state index contributed by atoms with van der Waals surface area (Å²) in [4.78, 5) is 24.2. The van der Waals surface area contributed by atoms with Crippen molar-refractivity contribution in [3.8, 4) is 0 Å². The zero-order chi connectivity index (χ0) is 15.5. The summed E-state index contributed by atoms with van der Waals surface area (Å²) in [7, 11) is 4.00. The minimum atomic E-state index is 0.808. The van der Waals surface area contributed by atoms with Crippen LogP contribution in [-0.2, 0) is 0 Å². The van der Waals surface area contributed by atoms with Gasteiger partial charge < -0.3 is 14.7 Å². The third kappa shape index (κ3) is 3.08. The first-order valence-electron chi connectivity index (χ1n) is 7.42. The molecule has 3 heterocycles. The van der Waals surface area contributed by atoms with Gasteiger partial charge in [-0.25, -0.2) is 9.97 Å². The maximum absolute atomic E-state index is 4.65. The van der Waals surface area contributed by atoms with E-state index in [9.17, 15) is 0 Å². The Hall–Kier alpha value is -2.44. The average molecular weight is 299 g/mol. The van der Waals surface area contributed by atoms with E-state index in [0.29, 0.717) is 0 Å². The monoisotopic (exact) mass is 299 g/mol. The summed E-state index contributed by atoms with van der Waals surface area (Å²) in [6, 6.07) is 2.00. The number of aryl methyl sites for hydroxylation is 1. The summed E-state index contributed by atoms with van der Waals surface area (Å²) >= 11 is 0. The Morgan fingerprint density at radius 3 is 2.36 bits per heavy atom. The van der Waals surface area contributed by atoms with Crippen LogP contribution in [0.4, 0.5) is 17.6 Å². The van der Waals surface area contributed by atoms with E-state index >= 15 is 0 Å². The Kier molecular flexibility index (Phi) is 4.04. The highest BCUT2D eigenvalue weighted by molar-refractivity contribution is 5.46. The van der Waals surface area contributed by atoms with Crippen molar-refractivity contribution >= 4 is 17.6 Å². The van der Waals surface area contributed by atoms with Crippen LogP contribution in [0.1, 0.15) is 5.69 Å². The van der Waals surface area contributed by atoms with E-state index in [1.807, 2.05) is 38.2 Å². The zero-order valence-electron chi connectivity index (χ0n) is 13.3. The van der Waals surface area contributed by atoms with Crippen molar-refractivity contribution in [1.82, 2.24) is 19.9 Å². The van der Waals surface area contributed by atoms with Gasteiger partial charge in [-0.1, -0.05) is 0 Å². The van der Waals surface area contributed by atoms with Crippen LogP contribution < -0.4 is 14.7 Å². The molecule has 0 aliphatic carbocycles. The van der Waals surface area contributed by atoms with Gasteiger partial charge in [0, 0.05) is 64.4 Å². The highest BCUT2D eigenvalue weighted by Gasteiger charge is 2.20. The molecule has 116 valence electrons. The molecule has 7 nitrogen and oxygen atoms in total. The van der Waals surface area contributed by atoms with E-state index in [-0.39, 0.29) is 0 Å². The summed E-state index contributed by atoms with van der Waals surface area (Å²) in [5, 5.41) is 0. The van der Waals surface area contributed by atoms with Gasteiger partial charge in [0.05, 0.1) is 6.20 Å². The topological polar surface area (TPSA) is 61.3 Å². The fraction of sp³-hybridized carbons (Fsp3) is 0.467. The Morgan fingerprint density at radius 2 is 1.73 bits per heavy atom. The fourth-order valence-corrected chi connectivity index (χ4v) is 2.50. The van der Waals surface area contributed by atoms with E-state index in [1.54, 1.807) is 12.4 Å². The summed E-state index contributed by atoms with van der Waals surface area (Å²) in [6.45, 7) is 5.56. The Morgan fingerprint density at radius 1 is 1.00 bits per heavy atom. The number of piperazine rings is 1. The molecule has 1 saturated heterocycles. The average Bonchev–Trinajstić information content (AvgIpc) is 2.55. The van der Waals surface area contributed by atoms with Crippen molar-refractivity contribution in [3.63, 3.8) is 0 Å². The van der Waals surface area contributed by atoms with Crippen molar-refractivity contribution in [2.24, 2.45) is 0 Å². The summed E-state index contributed by atoms with van der Waals surface area (Å²) in [6.07, 6.45) is 5.24. The van der Waals surface area contributed by atoms with E-state index in [4.69, 9.17) is 0 Å². The van der Waals surface area contributed by atoms with Crippen LogP contribution in [0.2, 0.25) is 0 Å². The minimum absolute atomic E-state index is 0.808. The molecule has 0 N–H and O–H groups in total. The van der Waals surface area contributed by atoms with Gasteiger partial charge in [0.1, 0.15) is 11.6 Å². The van der Waals surface area contributed by atoms with Gasteiger partial charge in [-0.15, -0.1) is 0 Å². The first-order chi connectivity index (χ1) is 10.6. The van der Waals surface area contributed by atoms with Crippen molar-refractivity contribution in [2.75, 3.05) is 55.0 Å². The van der Waals surface area contributed by atoms with Gasteiger partial charge in [0.25, 0.3) is 0 Å². The van der Waals surface area contributed by atoms with Crippen molar-refractivity contribution in [1.29, 1.82) is 0 Å². The number of aromatic nitrogens is 4. The molecule has 1 aliphatic heterocycles. The van der Waals surface area contributed by atoms with Gasteiger partial charge in [-0.05, 0) is 6.92 Å². The maximum Gasteiger partial charge on any atom is 0.227 e. The van der Waals surface area contributed by atoms with E-state index in [2.05, 4.69) is 29.7 Å². The normalized spacial score (nSPS) is 15.0. The van der Waals surface area contributed by atoms with E-state index in [1.165, 1.54) is 0 Å². The molecule has 7 heteroatoms. The zero-order valence-corrected chi connectivity index (χ0v) is 13.3. The van der Waals surface area contributed by atoms with Crippen molar-refractivity contribution < 1.29 is 0 Å². The molecule has 0 bridgehead atoms. The van der Waals surface area contributed by atoms with Crippen molar-refractivity contribution in [2.45, 2.75) is 6.92 Å². The molecule has 1 aliphatic rings. The minimum Gasteiger partial charge on any atom is -0.363 e. The highest BCUT2D eigenvalue weighted by atomic mass is 15.3. The first kappa shape index (κ1) is 14.5. The van der Waals surface area contributed by atoms with Gasteiger partial charge in [0.15, 0.2) is 0 Å². The van der Waals surface area contributed by atoms with Crippen LogP contribution >= 0.6 is 0 Å². The third-order valence-electron chi connectivity index (χ3n) is 3.72. The van der Waals surface area contributed by atoms with Crippen LogP contribution in [0.25, 0.3) is 0 Å². The molecule has 22 heavy (non-hydrogen) atoms. The summed E-state index contributed by atoms with van der Waals surface area (Å²) in [5.74, 6) is 2.68. The molecular formula is C15H21N7. The fourth-order valence-electron chi connectivity index (χ4n) is 2.50. The second-order valence-electron chi connectivity index (χ2n) is 5.60. The van der Waals surface area contributed by atoms with Crippen LogP contribution in [0.5, 0.6) is 0 Å². The summed E-state index contributed by atoms with van der Waals surface area (Å²) < 4.78 is 0. The van der Waals surface area contributed by atoms with E-state index < -0.39 is 0 Å². The number of hydrogen-bond donors (Lipinski definition) is 0. The predicted octanol–water partition coefficient (Wildman–Crippen LogP) is 0.968. The van der Waals surface area contributed by atoms with E-state index in [0.717, 1.165) is 49.5 Å². The smallest absolute Gasteiger partial charge is 0.227 e. The molecule has 2 aromatic rings. The quantitative estimate of drug-likeness (QED) is 0.836. The molecule has 0 saturated carbocycles. The molecule has 2 aromatic heterocycles. The number of rotatable bonds is 3. The number of hydrogen-bond acceptors (Lipinski definition) is 7. The molecule has 3 rings (SSSR count). The Labute approximate surface area is 130 Å². The largest absolute Gasteiger partial charge is 0.363 e. The highest BCUT2D eigenvalue weighted by Crippen LogP contribution is 2.18. The molecule has 1 fully saturated rings. The molecule has 0 atom stereocenters. The summed E-state index contributed by atoms with van der Waals surface area (Å²) in [5.41, 5.74) is 0.991. The molecule has 0 amide bonds. The Bertz CT molecular complexity index is 621. The SMILES string of the molecule is Cc1cc(N(C)C)nc(N2CCN(c3cnccn3)CC2)n1. The molecule has 0 radical (unpaired) electrons.